The lowest BCUT2D eigenvalue weighted by Gasteiger charge is -2.05. The Balaban J connectivity index is 1.88. The molecule has 2 rings (SSSR count). The molecule has 0 aliphatic rings. The van der Waals surface area contributed by atoms with Gasteiger partial charge in [0.2, 0.25) is 5.91 Å². The van der Waals surface area contributed by atoms with Crippen LogP contribution < -0.4 is 10.7 Å². The summed E-state index contributed by atoms with van der Waals surface area (Å²) in [5.41, 5.74) is 3.69. The van der Waals surface area contributed by atoms with Gasteiger partial charge in [0.25, 0.3) is 11.6 Å². The van der Waals surface area contributed by atoms with Gasteiger partial charge >= 0.3 is 0 Å². The van der Waals surface area contributed by atoms with Crippen LogP contribution in [0.5, 0.6) is 0 Å². The lowest BCUT2D eigenvalue weighted by Crippen LogP contribution is -2.21. The van der Waals surface area contributed by atoms with Crippen molar-refractivity contribution in [2.45, 2.75) is 13.3 Å². The summed E-state index contributed by atoms with van der Waals surface area (Å²) in [6.07, 6.45) is -0.0242. The van der Waals surface area contributed by atoms with Gasteiger partial charge in [-0.3, -0.25) is 19.7 Å². The third-order valence-electron chi connectivity index (χ3n) is 3.21. The van der Waals surface area contributed by atoms with Gasteiger partial charge < -0.3 is 5.32 Å². The topological polar surface area (TPSA) is 114 Å². The Morgan fingerprint density at radius 2 is 1.88 bits per heavy atom. The molecule has 0 aliphatic heterocycles. The third kappa shape index (κ3) is 5.92. The zero-order chi connectivity index (χ0) is 19.1. The molecular weight excluding hydrogens is 451 g/mol. The number of nitro benzene ring substituents is 1. The molecule has 0 aliphatic carbocycles. The number of anilines is 1. The van der Waals surface area contributed by atoms with Crippen molar-refractivity contribution in [1.29, 1.82) is 0 Å². The molecule has 9 heteroatoms. The monoisotopic (exact) mass is 466 g/mol. The maximum Gasteiger partial charge on any atom is 0.271 e. The van der Waals surface area contributed by atoms with E-state index in [9.17, 15) is 19.7 Å². The zero-order valence-corrected chi connectivity index (χ0v) is 15.9. The van der Waals surface area contributed by atoms with Crippen LogP contribution in [0.25, 0.3) is 0 Å². The Morgan fingerprint density at radius 3 is 2.50 bits per heavy atom. The number of hydrazone groups is 1. The van der Waals surface area contributed by atoms with E-state index in [4.69, 9.17) is 0 Å². The second-order valence-corrected chi connectivity index (χ2v) is 6.57. The SMILES string of the molecule is CC(CC(=O)Nc1ccc([N+](=O)[O-])cc1)=NNC(=O)c1cccc(I)c1. The minimum Gasteiger partial charge on any atom is -0.326 e. The van der Waals surface area contributed by atoms with Crippen LogP contribution in [0.3, 0.4) is 0 Å². The fourth-order valence-corrected chi connectivity index (χ4v) is 2.53. The van der Waals surface area contributed by atoms with Gasteiger partial charge in [0.05, 0.1) is 11.3 Å². The van der Waals surface area contributed by atoms with Gasteiger partial charge in [-0.05, 0) is 59.8 Å². The molecule has 0 heterocycles. The smallest absolute Gasteiger partial charge is 0.271 e. The number of carbonyl (C=O) groups excluding carboxylic acids is 2. The molecule has 2 N–H and O–H groups in total. The number of rotatable bonds is 6. The number of hydrogen-bond donors (Lipinski definition) is 2. The first-order valence-corrected chi connectivity index (χ1v) is 8.56. The zero-order valence-electron chi connectivity index (χ0n) is 13.7. The Kier molecular flexibility index (Phi) is 6.78. The van der Waals surface area contributed by atoms with Gasteiger partial charge in [-0.1, -0.05) is 6.07 Å². The summed E-state index contributed by atoms with van der Waals surface area (Å²) in [5.74, 6) is -0.706. The average Bonchev–Trinajstić information content (AvgIpc) is 2.60. The van der Waals surface area contributed by atoms with Gasteiger partial charge in [0, 0.05) is 32.7 Å². The second-order valence-electron chi connectivity index (χ2n) is 5.33. The Morgan fingerprint density at radius 1 is 1.19 bits per heavy atom. The van der Waals surface area contributed by atoms with Crippen molar-refractivity contribution in [3.05, 3.63) is 67.8 Å². The first-order valence-electron chi connectivity index (χ1n) is 7.48. The summed E-state index contributed by atoms with van der Waals surface area (Å²) in [4.78, 5) is 34.0. The molecule has 0 aromatic heterocycles. The van der Waals surface area contributed by atoms with E-state index >= 15 is 0 Å². The van der Waals surface area contributed by atoms with E-state index in [0.29, 0.717) is 17.0 Å². The average molecular weight is 466 g/mol. The molecule has 8 nitrogen and oxygen atoms in total. The number of nitro groups is 1. The molecular formula is C17H15IN4O4. The van der Waals surface area contributed by atoms with Gasteiger partial charge in [-0.25, -0.2) is 5.43 Å². The fraction of sp³-hybridized carbons (Fsp3) is 0.118. The van der Waals surface area contributed by atoms with Crippen molar-refractivity contribution in [2.75, 3.05) is 5.32 Å². The normalized spacial score (nSPS) is 10.9. The summed E-state index contributed by atoms with van der Waals surface area (Å²) < 4.78 is 0.929. The van der Waals surface area contributed by atoms with E-state index in [1.807, 2.05) is 6.07 Å². The highest BCUT2D eigenvalue weighted by Gasteiger charge is 2.09. The molecule has 2 aromatic carbocycles. The van der Waals surface area contributed by atoms with Gasteiger partial charge in [0.1, 0.15) is 0 Å². The molecule has 0 atom stereocenters. The number of nitrogens with zero attached hydrogens (tertiary/aromatic N) is 2. The van der Waals surface area contributed by atoms with Crippen molar-refractivity contribution in [3.63, 3.8) is 0 Å². The lowest BCUT2D eigenvalue weighted by molar-refractivity contribution is -0.384. The molecule has 0 bridgehead atoms. The number of nitrogens with one attached hydrogen (secondary N) is 2. The van der Waals surface area contributed by atoms with Crippen LogP contribution in [0.1, 0.15) is 23.7 Å². The number of halogens is 1. The summed E-state index contributed by atoms with van der Waals surface area (Å²) in [6, 6.07) is 12.5. The van der Waals surface area contributed by atoms with Crippen molar-refractivity contribution in [3.8, 4) is 0 Å². The molecule has 2 amide bonds. The summed E-state index contributed by atoms with van der Waals surface area (Å²) in [7, 11) is 0. The predicted molar refractivity (Wildman–Crippen MR) is 106 cm³/mol. The van der Waals surface area contributed by atoms with E-state index < -0.39 is 4.92 Å². The third-order valence-corrected chi connectivity index (χ3v) is 3.88. The predicted octanol–water partition coefficient (Wildman–Crippen LogP) is 3.33. The molecule has 0 saturated carbocycles. The standard InChI is InChI=1S/C17H15IN4O4/c1-11(20-21-17(24)12-3-2-4-13(18)10-12)9-16(23)19-14-5-7-15(8-6-14)22(25)26/h2-8,10H,9H2,1H3,(H,19,23)(H,21,24). The van der Waals surface area contributed by atoms with Gasteiger partial charge in [0.15, 0.2) is 0 Å². The Bertz CT molecular complexity index is 865. The van der Waals surface area contributed by atoms with Crippen molar-refractivity contribution >= 4 is 51.5 Å². The highest BCUT2D eigenvalue weighted by atomic mass is 127. The van der Waals surface area contributed by atoms with Crippen LogP contribution in [0.2, 0.25) is 0 Å². The van der Waals surface area contributed by atoms with Gasteiger partial charge in [-0.2, -0.15) is 5.10 Å². The maximum atomic E-state index is 12.0. The maximum absolute atomic E-state index is 12.0. The molecule has 0 spiro atoms. The molecule has 26 heavy (non-hydrogen) atoms. The minimum atomic E-state index is -0.515. The number of non-ortho nitro benzene ring substituents is 1. The van der Waals surface area contributed by atoms with Crippen molar-refractivity contribution in [1.82, 2.24) is 5.43 Å². The number of amides is 2. The van der Waals surface area contributed by atoms with Crippen molar-refractivity contribution in [2.24, 2.45) is 5.10 Å². The fourth-order valence-electron chi connectivity index (χ4n) is 1.98. The van der Waals surface area contributed by atoms with Gasteiger partial charge in [-0.15, -0.1) is 0 Å². The van der Waals surface area contributed by atoms with Crippen LogP contribution in [0, 0.1) is 13.7 Å². The lowest BCUT2D eigenvalue weighted by atomic mass is 10.2. The van der Waals surface area contributed by atoms with Crippen LogP contribution in [-0.2, 0) is 4.79 Å². The Labute approximate surface area is 163 Å². The molecule has 0 fully saturated rings. The highest BCUT2D eigenvalue weighted by Crippen LogP contribution is 2.15. The van der Waals surface area contributed by atoms with Crippen molar-refractivity contribution < 1.29 is 14.5 Å². The van der Waals surface area contributed by atoms with E-state index in [-0.39, 0.29) is 23.9 Å². The van der Waals surface area contributed by atoms with Crippen LogP contribution >= 0.6 is 22.6 Å². The number of benzene rings is 2. The number of hydrogen-bond acceptors (Lipinski definition) is 5. The van der Waals surface area contributed by atoms with Crippen LogP contribution in [-0.4, -0.2) is 22.4 Å². The first kappa shape index (κ1) is 19.5. The first-order chi connectivity index (χ1) is 12.3. The number of carbonyl (C=O) groups is 2. The summed E-state index contributed by atoms with van der Waals surface area (Å²) in [6.45, 7) is 1.62. The van der Waals surface area contributed by atoms with Crippen LogP contribution in [0.4, 0.5) is 11.4 Å². The summed E-state index contributed by atoms with van der Waals surface area (Å²) in [5, 5.41) is 17.1. The summed E-state index contributed by atoms with van der Waals surface area (Å²) >= 11 is 2.11. The van der Waals surface area contributed by atoms with Crippen LogP contribution in [0.15, 0.2) is 53.6 Å². The largest absolute Gasteiger partial charge is 0.326 e. The molecule has 2 aromatic rings. The quantitative estimate of drug-likeness (QED) is 0.294. The molecule has 0 radical (unpaired) electrons. The van der Waals surface area contributed by atoms with E-state index in [2.05, 4.69) is 38.4 Å². The van der Waals surface area contributed by atoms with E-state index in [1.165, 1.54) is 24.3 Å². The Hall–Kier alpha value is -2.82. The molecule has 0 unspecified atom stereocenters. The minimum absolute atomic E-state index is 0.0242. The van der Waals surface area contributed by atoms with E-state index in [1.54, 1.807) is 25.1 Å². The van der Waals surface area contributed by atoms with E-state index in [0.717, 1.165) is 3.57 Å². The second kappa shape index (κ2) is 9.04. The molecule has 0 saturated heterocycles. The molecule has 134 valence electrons. The highest BCUT2D eigenvalue weighted by molar-refractivity contribution is 14.1.